The highest BCUT2D eigenvalue weighted by Gasteiger charge is 2.12. The molecule has 0 aromatic carbocycles. The standard InChI is InChI=1S/C10H11N3O2S/c11-10(14)9-7(6-15-13-9)2-1-3-8-12-4-5-16-8/h4-6H,1-3H2,(H2,11,14). The number of carbonyl (C=O) groups excluding carboxylic acids is 1. The summed E-state index contributed by atoms with van der Waals surface area (Å²) < 4.78 is 4.73. The van der Waals surface area contributed by atoms with Crippen molar-refractivity contribution in [2.24, 2.45) is 5.73 Å². The molecule has 16 heavy (non-hydrogen) atoms. The number of primary amides is 1. The maximum Gasteiger partial charge on any atom is 0.271 e. The van der Waals surface area contributed by atoms with Gasteiger partial charge in [-0.25, -0.2) is 4.98 Å². The van der Waals surface area contributed by atoms with Gasteiger partial charge in [-0.05, 0) is 19.3 Å². The van der Waals surface area contributed by atoms with Crippen LogP contribution in [0.25, 0.3) is 0 Å². The van der Waals surface area contributed by atoms with Gasteiger partial charge in [-0.1, -0.05) is 5.16 Å². The van der Waals surface area contributed by atoms with E-state index in [0.29, 0.717) is 0 Å². The topological polar surface area (TPSA) is 82.0 Å². The molecule has 0 unspecified atom stereocenters. The first-order valence-electron chi connectivity index (χ1n) is 4.89. The van der Waals surface area contributed by atoms with Gasteiger partial charge in [0.1, 0.15) is 6.26 Å². The second-order valence-corrected chi connectivity index (χ2v) is 4.31. The lowest BCUT2D eigenvalue weighted by Gasteiger charge is -1.96. The monoisotopic (exact) mass is 237 g/mol. The van der Waals surface area contributed by atoms with Gasteiger partial charge in [-0.15, -0.1) is 11.3 Å². The summed E-state index contributed by atoms with van der Waals surface area (Å²) in [6, 6.07) is 0. The van der Waals surface area contributed by atoms with Crippen LogP contribution in [-0.2, 0) is 12.8 Å². The van der Waals surface area contributed by atoms with E-state index in [1.807, 2.05) is 5.38 Å². The molecule has 5 nitrogen and oxygen atoms in total. The van der Waals surface area contributed by atoms with Crippen LogP contribution in [0.5, 0.6) is 0 Å². The second kappa shape index (κ2) is 4.89. The van der Waals surface area contributed by atoms with Crippen LogP contribution in [0.3, 0.4) is 0 Å². The zero-order chi connectivity index (χ0) is 11.4. The van der Waals surface area contributed by atoms with Crippen LogP contribution in [0.2, 0.25) is 0 Å². The number of aryl methyl sites for hydroxylation is 2. The molecule has 0 atom stereocenters. The van der Waals surface area contributed by atoms with Gasteiger partial charge >= 0.3 is 0 Å². The van der Waals surface area contributed by atoms with Crippen LogP contribution in [0, 0.1) is 0 Å². The lowest BCUT2D eigenvalue weighted by atomic mass is 10.1. The van der Waals surface area contributed by atoms with E-state index < -0.39 is 5.91 Å². The fourth-order valence-corrected chi connectivity index (χ4v) is 2.11. The quantitative estimate of drug-likeness (QED) is 0.852. The SMILES string of the molecule is NC(=O)c1nocc1CCCc1nccs1. The summed E-state index contributed by atoms with van der Waals surface area (Å²) in [7, 11) is 0. The Hall–Kier alpha value is -1.69. The number of carbonyl (C=O) groups is 1. The summed E-state index contributed by atoms with van der Waals surface area (Å²) in [5.74, 6) is -0.544. The molecule has 0 fully saturated rings. The number of thiazole rings is 1. The van der Waals surface area contributed by atoms with Crippen molar-refractivity contribution in [2.45, 2.75) is 19.3 Å². The molecule has 2 N–H and O–H groups in total. The first kappa shape index (κ1) is 10.8. The number of hydrogen-bond acceptors (Lipinski definition) is 5. The summed E-state index contributed by atoms with van der Waals surface area (Å²) in [6.45, 7) is 0. The molecule has 0 saturated carbocycles. The summed E-state index contributed by atoms with van der Waals surface area (Å²) in [5, 5.41) is 6.61. The maximum atomic E-state index is 11.0. The molecule has 0 aliphatic carbocycles. The minimum absolute atomic E-state index is 0.235. The van der Waals surface area contributed by atoms with Crippen molar-refractivity contribution in [1.29, 1.82) is 0 Å². The van der Waals surface area contributed by atoms with Gasteiger partial charge < -0.3 is 10.3 Å². The van der Waals surface area contributed by atoms with Gasteiger partial charge in [0.15, 0.2) is 5.69 Å². The first-order valence-corrected chi connectivity index (χ1v) is 5.77. The van der Waals surface area contributed by atoms with Gasteiger partial charge in [-0.2, -0.15) is 0 Å². The molecule has 6 heteroatoms. The van der Waals surface area contributed by atoms with Gasteiger partial charge in [0.25, 0.3) is 5.91 Å². The van der Waals surface area contributed by atoms with Crippen LogP contribution >= 0.6 is 11.3 Å². The van der Waals surface area contributed by atoms with Crippen molar-refractivity contribution in [2.75, 3.05) is 0 Å². The Balaban J connectivity index is 1.90. The van der Waals surface area contributed by atoms with Crippen molar-refractivity contribution < 1.29 is 9.32 Å². The van der Waals surface area contributed by atoms with E-state index in [9.17, 15) is 4.79 Å². The van der Waals surface area contributed by atoms with E-state index >= 15 is 0 Å². The Labute approximate surface area is 96.3 Å². The lowest BCUT2D eigenvalue weighted by Crippen LogP contribution is -2.13. The maximum absolute atomic E-state index is 11.0. The smallest absolute Gasteiger partial charge is 0.271 e. The third-order valence-electron chi connectivity index (χ3n) is 2.20. The van der Waals surface area contributed by atoms with Gasteiger partial charge in [0, 0.05) is 17.1 Å². The predicted octanol–water partition coefficient (Wildman–Crippen LogP) is 1.41. The molecule has 2 rings (SSSR count). The Morgan fingerprint density at radius 1 is 1.50 bits per heavy atom. The summed E-state index contributed by atoms with van der Waals surface area (Å²) in [4.78, 5) is 15.1. The lowest BCUT2D eigenvalue weighted by molar-refractivity contribution is 0.0991. The van der Waals surface area contributed by atoms with E-state index in [2.05, 4.69) is 10.1 Å². The molecule has 0 bridgehead atoms. The largest absolute Gasteiger partial charge is 0.364 e. The molecule has 0 aliphatic rings. The second-order valence-electron chi connectivity index (χ2n) is 3.33. The fraction of sp³-hybridized carbons (Fsp3) is 0.300. The molecule has 2 heterocycles. The third kappa shape index (κ3) is 2.46. The molecule has 0 aliphatic heterocycles. The molecular formula is C10H11N3O2S. The average Bonchev–Trinajstić information content (AvgIpc) is 2.87. The van der Waals surface area contributed by atoms with Crippen molar-refractivity contribution in [3.8, 4) is 0 Å². The van der Waals surface area contributed by atoms with Crippen LogP contribution in [0.15, 0.2) is 22.4 Å². The first-order chi connectivity index (χ1) is 7.77. The van der Waals surface area contributed by atoms with Crippen LogP contribution < -0.4 is 5.73 Å². The highest BCUT2D eigenvalue weighted by atomic mass is 32.1. The zero-order valence-electron chi connectivity index (χ0n) is 8.55. The highest BCUT2D eigenvalue weighted by Crippen LogP contribution is 2.12. The number of nitrogens with zero attached hydrogens (tertiary/aromatic N) is 2. The van der Waals surface area contributed by atoms with Crippen molar-refractivity contribution in [3.63, 3.8) is 0 Å². The third-order valence-corrected chi connectivity index (χ3v) is 3.04. The molecule has 0 spiro atoms. The van der Waals surface area contributed by atoms with E-state index in [4.69, 9.17) is 10.3 Å². The van der Waals surface area contributed by atoms with Crippen molar-refractivity contribution in [3.05, 3.63) is 34.1 Å². The van der Waals surface area contributed by atoms with Crippen molar-refractivity contribution in [1.82, 2.24) is 10.1 Å². The minimum atomic E-state index is -0.544. The number of nitrogens with two attached hydrogens (primary N) is 1. The fourth-order valence-electron chi connectivity index (χ4n) is 1.44. The average molecular weight is 237 g/mol. The molecular weight excluding hydrogens is 226 g/mol. The highest BCUT2D eigenvalue weighted by molar-refractivity contribution is 7.09. The Bertz CT molecular complexity index is 464. The van der Waals surface area contributed by atoms with Gasteiger partial charge in [-0.3, -0.25) is 4.79 Å². The number of rotatable bonds is 5. The Kier molecular flexibility index (Phi) is 3.31. The summed E-state index contributed by atoms with van der Waals surface area (Å²) in [5.41, 5.74) is 6.16. The normalized spacial score (nSPS) is 10.5. The van der Waals surface area contributed by atoms with E-state index in [-0.39, 0.29) is 5.69 Å². The molecule has 2 aromatic heterocycles. The predicted molar refractivity (Wildman–Crippen MR) is 59.2 cm³/mol. The van der Waals surface area contributed by atoms with Gasteiger partial charge in [0.2, 0.25) is 0 Å². The number of amides is 1. The molecule has 1 amide bonds. The zero-order valence-corrected chi connectivity index (χ0v) is 9.37. The van der Waals surface area contributed by atoms with Crippen LogP contribution in [0.1, 0.15) is 27.5 Å². The molecule has 2 aromatic rings. The number of hydrogen-bond donors (Lipinski definition) is 1. The van der Waals surface area contributed by atoms with Gasteiger partial charge in [0.05, 0.1) is 5.01 Å². The molecule has 0 radical (unpaired) electrons. The summed E-state index contributed by atoms with van der Waals surface area (Å²) in [6.07, 6.45) is 5.77. The molecule has 84 valence electrons. The van der Waals surface area contributed by atoms with E-state index in [1.54, 1.807) is 17.5 Å². The Morgan fingerprint density at radius 2 is 2.38 bits per heavy atom. The minimum Gasteiger partial charge on any atom is -0.364 e. The molecule has 0 saturated heterocycles. The van der Waals surface area contributed by atoms with Crippen LogP contribution in [0.4, 0.5) is 0 Å². The van der Waals surface area contributed by atoms with Crippen LogP contribution in [-0.4, -0.2) is 16.0 Å². The summed E-state index contributed by atoms with van der Waals surface area (Å²) >= 11 is 1.63. The van der Waals surface area contributed by atoms with E-state index in [0.717, 1.165) is 29.8 Å². The van der Waals surface area contributed by atoms with Crippen molar-refractivity contribution >= 4 is 17.2 Å². The Morgan fingerprint density at radius 3 is 3.06 bits per heavy atom. The van der Waals surface area contributed by atoms with E-state index in [1.165, 1.54) is 6.26 Å². The number of aromatic nitrogens is 2.